The van der Waals surface area contributed by atoms with Gasteiger partial charge in [0.1, 0.15) is 17.2 Å². The summed E-state index contributed by atoms with van der Waals surface area (Å²) < 4.78 is 28.3. The van der Waals surface area contributed by atoms with Crippen LogP contribution < -0.4 is 11.1 Å². The molecular weight excluding hydrogens is 392 g/mol. The maximum absolute atomic E-state index is 14.0. The van der Waals surface area contributed by atoms with E-state index in [1.165, 1.54) is 6.42 Å². The van der Waals surface area contributed by atoms with Gasteiger partial charge in [-0.2, -0.15) is 0 Å². The van der Waals surface area contributed by atoms with Crippen molar-refractivity contribution in [2.45, 2.75) is 38.0 Å². The van der Waals surface area contributed by atoms with E-state index >= 15 is 0 Å². The van der Waals surface area contributed by atoms with Gasteiger partial charge in [0.15, 0.2) is 0 Å². The summed E-state index contributed by atoms with van der Waals surface area (Å²) in [6.07, 6.45) is 5.45. The molecule has 1 aliphatic carbocycles. The van der Waals surface area contributed by atoms with Crippen LogP contribution in [0.3, 0.4) is 0 Å². The van der Waals surface area contributed by atoms with E-state index in [0.29, 0.717) is 11.3 Å². The zero-order valence-corrected chi connectivity index (χ0v) is 16.1. The Kier molecular flexibility index (Phi) is 5.15. The molecule has 0 atom stereocenters. The summed E-state index contributed by atoms with van der Waals surface area (Å²) in [5, 5.41) is 13.2. The fourth-order valence-electron chi connectivity index (χ4n) is 4.21. The average molecular weight is 413 g/mol. The number of benzene rings is 2. The number of hydrogen-bond acceptors (Lipinski definition) is 3. The highest BCUT2D eigenvalue weighted by Crippen LogP contribution is 2.38. The van der Waals surface area contributed by atoms with Crippen LogP contribution in [0, 0.1) is 11.6 Å². The molecule has 156 valence electrons. The van der Waals surface area contributed by atoms with E-state index in [0.717, 1.165) is 54.0 Å². The van der Waals surface area contributed by atoms with Crippen molar-refractivity contribution < 1.29 is 23.5 Å². The number of carbonyl (C=O) groups is 2. The van der Waals surface area contributed by atoms with E-state index < -0.39 is 29.5 Å². The molecule has 30 heavy (non-hydrogen) atoms. The van der Waals surface area contributed by atoms with Gasteiger partial charge in [-0.05, 0) is 48.6 Å². The van der Waals surface area contributed by atoms with Crippen molar-refractivity contribution in [2.75, 3.05) is 5.32 Å². The Bertz CT molecular complexity index is 1150. The molecule has 4 rings (SSSR count). The van der Waals surface area contributed by atoms with Gasteiger partial charge in [0.25, 0.3) is 5.91 Å². The summed E-state index contributed by atoms with van der Waals surface area (Å²) in [5.74, 6) is -2.75. The Morgan fingerprint density at radius 2 is 1.80 bits per heavy atom. The summed E-state index contributed by atoms with van der Waals surface area (Å²) in [6.45, 7) is 0. The first kappa shape index (κ1) is 19.9. The van der Waals surface area contributed by atoms with E-state index in [2.05, 4.69) is 5.32 Å². The number of aromatic nitrogens is 1. The van der Waals surface area contributed by atoms with Crippen molar-refractivity contribution in [3.05, 3.63) is 59.2 Å². The number of aromatic hydroxyl groups is 1. The molecular formula is C22H21F2N3O3. The lowest BCUT2D eigenvalue weighted by atomic mass is 9.83. The molecule has 1 saturated carbocycles. The summed E-state index contributed by atoms with van der Waals surface area (Å²) >= 11 is 0. The molecule has 1 heterocycles. The molecule has 2 aromatic carbocycles. The minimum Gasteiger partial charge on any atom is -0.494 e. The number of carbonyl (C=O) groups excluding carboxylic acids is 2. The molecule has 0 saturated heterocycles. The van der Waals surface area contributed by atoms with Crippen LogP contribution >= 0.6 is 0 Å². The van der Waals surface area contributed by atoms with Crippen LogP contribution in [0.2, 0.25) is 0 Å². The van der Waals surface area contributed by atoms with Crippen LogP contribution in [-0.2, 0) is 0 Å². The maximum Gasteiger partial charge on any atom is 0.326 e. The first-order chi connectivity index (χ1) is 14.4. The predicted molar refractivity (Wildman–Crippen MR) is 109 cm³/mol. The van der Waals surface area contributed by atoms with Gasteiger partial charge in [-0.15, -0.1) is 0 Å². The molecule has 1 aromatic heterocycles. The lowest BCUT2D eigenvalue weighted by Crippen LogP contribution is -2.19. The fourth-order valence-corrected chi connectivity index (χ4v) is 4.21. The van der Waals surface area contributed by atoms with Crippen molar-refractivity contribution in [2.24, 2.45) is 5.73 Å². The van der Waals surface area contributed by atoms with Gasteiger partial charge in [-0.25, -0.2) is 18.1 Å². The molecule has 0 radical (unpaired) electrons. The van der Waals surface area contributed by atoms with E-state index in [4.69, 9.17) is 5.73 Å². The predicted octanol–water partition coefficient (Wildman–Crippen LogP) is 4.85. The Labute approximate surface area is 171 Å². The highest BCUT2D eigenvalue weighted by molar-refractivity contribution is 6.16. The molecule has 8 heteroatoms. The van der Waals surface area contributed by atoms with E-state index in [1.807, 2.05) is 6.07 Å². The second-order valence-corrected chi connectivity index (χ2v) is 7.56. The van der Waals surface area contributed by atoms with Crippen LogP contribution in [0.15, 0.2) is 36.4 Å². The van der Waals surface area contributed by atoms with E-state index in [1.54, 1.807) is 12.1 Å². The number of nitrogens with one attached hydrogen (secondary N) is 1. The summed E-state index contributed by atoms with van der Waals surface area (Å²) in [4.78, 5) is 24.8. The van der Waals surface area contributed by atoms with Gasteiger partial charge in [0.2, 0.25) is 5.88 Å². The summed E-state index contributed by atoms with van der Waals surface area (Å²) in [6, 6.07) is 6.97. The highest BCUT2D eigenvalue weighted by atomic mass is 19.1. The number of halogens is 2. The van der Waals surface area contributed by atoms with Crippen LogP contribution in [0.5, 0.6) is 5.88 Å². The minimum absolute atomic E-state index is 0.217. The number of anilines is 1. The zero-order valence-electron chi connectivity index (χ0n) is 16.1. The Morgan fingerprint density at radius 1 is 1.07 bits per heavy atom. The smallest absolute Gasteiger partial charge is 0.326 e. The molecule has 0 spiro atoms. The van der Waals surface area contributed by atoms with Gasteiger partial charge in [0.05, 0.1) is 11.2 Å². The number of nitrogens with two attached hydrogens (primary N) is 1. The number of rotatable bonds is 3. The average Bonchev–Trinajstić information content (AvgIpc) is 3.02. The first-order valence-electron chi connectivity index (χ1n) is 9.80. The van der Waals surface area contributed by atoms with Gasteiger partial charge >= 0.3 is 6.03 Å². The number of fused-ring (bicyclic) bond motifs is 1. The third-order valence-corrected chi connectivity index (χ3v) is 5.67. The molecule has 1 fully saturated rings. The molecule has 4 N–H and O–H groups in total. The van der Waals surface area contributed by atoms with Crippen LogP contribution in [0.25, 0.3) is 10.9 Å². The molecule has 1 aliphatic rings. The lowest BCUT2D eigenvalue weighted by Gasteiger charge is -2.22. The zero-order chi connectivity index (χ0) is 21.4. The Morgan fingerprint density at radius 3 is 2.50 bits per heavy atom. The van der Waals surface area contributed by atoms with E-state index in [-0.39, 0.29) is 16.8 Å². The SMILES string of the molecule is NC(=O)n1c(O)c(C(=O)Nc2cc(F)ccc2F)c2cc(C3CCCCC3)ccc21. The monoisotopic (exact) mass is 413 g/mol. The summed E-state index contributed by atoms with van der Waals surface area (Å²) in [7, 11) is 0. The molecule has 6 nitrogen and oxygen atoms in total. The topological polar surface area (TPSA) is 97.3 Å². The quantitative estimate of drug-likeness (QED) is 0.572. The fraction of sp³-hybridized carbons (Fsp3) is 0.273. The second kappa shape index (κ2) is 7.78. The van der Waals surface area contributed by atoms with Gasteiger partial charge < -0.3 is 16.2 Å². The molecule has 0 unspecified atom stereocenters. The van der Waals surface area contributed by atoms with Crippen molar-refractivity contribution in [3.8, 4) is 5.88 Å². The number of nitrogens with zero attached hydrogens (tertiary/aromatic N) is 1. The van der Waals surface area contributed by atoms with Gasteiger partial charge in [-0.1, -0.05) is 25.3 Å². The third kappa shape index (κ3) is 3.49. The van der Waals surface area contributed by atoms with Crippen LogP contribution in [0.4, 0.5) is 19.3 Å². The van der Waals surface area contributed by atoms with Crippen molar-refractivity contribution in [1.82, 2.24) is 4.57 Å². The Hall–Kier alpha value is -3.42. The second-order valence-electron chi connectivity index (χ2n) is 7.56. The third-order valence-electron chi connectivity index (χ3n) is 5.67. The minimum atomic E-state index is -0.959. The molecule has 0 aliphatic heterocycles. The van der Waals surface area contributed by atoms with Gasteiger partial charge in [-0.3, -0.25) is 4.79 Å². The normalized spacial score (nSPS) is 14.7. The molecule has 3 aromatic rings. The molecule has 2 amide bonds. The molecule has 0 bridgehead atoms. The maximum atomic E-state index is 14.0. The largest absolute Gasteiger partial charge is 0.494 e. The number of hydrogen-bond donors (Lipinski definition) is 3. The first-order valence-corrected chi connectivity index (χ1v) is 9.80. The van der Waals surface area contributed by atoms with Crippen LogP contribution in [-0.4, -0.2) is 21.6 Å². The lowest BCUT2D eigenvalue weighted by molar-refractivity contribution is 0.102. The van der Waals surface area contributed by atoms with E-state index in [9.17, 15) is 23.5 Å². The standard InChI is InChI=1S/C22H21F2N3O3/c23-14-7-8-16(24)17(11-14)26-20(28)19-15-10-13(12-4-2-1-3-5-12)6-9-18(15)27(21(19)29)22(25)30/h6-12,29H,1-5H2,(H2,25,30)(H,26,28). The summed E-state index contributed by atoms with van der Waals surface area (Å²) in [5.41, 5.74) is 6.07. The highest BCUT2D eigenvalue weighted by Gasteiger charge is 2.27. The van der Waals surface area contributed by atoms with Gasteiger partial charge in [0, 0.05) is 11.5 Å². The van der Waals surface area contributed by atoms with Crippen molar-refractivity contribution in [3.63, 3.8) is 0 Å². The number of amides is 2. The van der Waals surface area contributed by atoms with Crippen molar-refractivity contribution >= 4 is 28.5 Å². The van der Waals surface area contributed by atoms with Crippen molar-refractivity contribution in [1.29, 1.82) is 0 Å². The Balaban J connectivity index is 1.82. The van der Waals surface area contributed by atoms with Crippen LogP contribution in [0.1, 0.15) is 53.9 Å². The number of primary amides is 1.